The number of aromatic hydroxyl groups is 1. The summed E-state index contributed by atoms with van der Waals surface area (Å²) in [6, 6.07) is 10.2. The van der Waals surface area contributed by atoms with Crippen LogP contribution in [0.2, 0.25) is 0 Å². The van der Waals surface area contributed by atoms with Crippen LogP contribution in [0.15, 0.2) is 41.5 Å². The minimum Gasteiger partial charge on any atom is -0.504 e. The number of benzene rings is 2. The Morgan fingerprint density at radius 3 is 2.96 bits per heavy atom. The van der Waals surface area contributed by atoms with Crippen molar-refractivity contribution < 1.29 is 24.1 Å². The Kier molecular flexibility index (Phi) is 5.43. The number of hydrazone groups is 1. The maximum Gasteiger partial charge on any atom is 0.259 e. The molecule has 8 nitrogen and oxygen atoms in total. The van der Waals surface area contributed by atoms with Crippen LogP contribution in [0.5, 0.6) is 23.0 Å². The summed E-state index contributed by atoms with van der Waals surface area (Å²) in [6.07, 6.45) is 1.47. The Morgan fingerprint density at radius 1 is 1.27 bits per heavy atom. The zero-order valence-electron chi connectivity index (χ0n) is 14.2. The smallest absolute Gasteiger partial charge is 0.259 e. The number of hydrogen-bond donors (Lipinski definition) is 3. The molecular formula is C18H19N3O5. The lowest BCUT2D eigenvalue weighted by Crippen LogP contribution is -2.25. The molecule has 136 valence electrons. The van der Waals surface area contributed by atoms with Gasteiger partial charge in [0, 0.05) is 11.8 Å². The number of fused-ring (bicyclic) bond motifs is 1. The summed E-state index contributed by atoms with van der Waals surface area (Å²) in [5.74, 6) is 1.45. The highest BCUT2D eigenvalue weighted by Gasteiger charge is 2.13. The molecule has 0 bridgehead atoms. The van der Waals surface area contributed by atoms with Crippen LogP contribution >= 0.6 is 0 Å². The van der Waals surface area contributed by atoms with E-state index in [1.807, 2.05) is 6.92 Å². The van der Waals surface area contributed by atoms with Crippen molar-refractivity contribution in [3.8, 4) is 23.0 Å². The molecule has 1 amide bonds. The van der Waals surface area contributed by atoms with E-state index in [1.165, 1.54) is 12.3 Å². The summed E-state index contributed by atoms with van der Waals surface area (Å²) in [7, 11) is 0. The second kappa shape index (κ2) is 8.11. The van der Waals surface area contributed by atoms with E-state index in [1.54, 1.807) is 30.3 Å². The van der Waals surface area contributed by atoms with Gasteiger partial charge in [-0.15, -0.1) is 0 Å². The molecule has 3 N–H and O–H groups in total. The highest BCUT2D eigenvalue weighted by molar-refractivity contribution is 5.84. The first-order chi connectivity index (χ1) is 12.7. The van der Waals surface area contributed by atoms with Gasteiger partial charge in [-0.2, -0.15) is 5.10 Å². The van der Waals surface area contributed by atoms with E-state index in [4.69, 9.17) is 14.2 Å². The van der Waals surface area contributed by atoms with E-state index in [0.29, 0.717) is 29.4 Å². The van der Waals surface area contributed by atoms with Crippen LogP contribution in [-0.2, 0) is 4.79 Å². The standard InChI is InChI=1S/C18H19N3O5/c1-2-24-16-7-12(3-5-14(16)22)9-20-21-18(23)10-19-13-4-6-15-17(8-13)26-11-25-15/h3-9,19,22H,2,10-11H2,1H3,(H,21,23)/b20-9-. The van der Waals surface area contributed by atoms with E-state index in [9.17, 15) is 9.90 Å². The van der Waals surface area contributed by atoms with Crippen LogP contribution < -0.4 is 25.0 Å². The summed E-state index contributed by atoms with van der Waals surface area (Å²) in [5.41, 5.74) is 3.86. The fourth-order valence-electron chi connectivity index (χ4n) is 2.29. The molecule has 2 aromatic carbocycles. The average molecular weight is 357 g/mol. The first kappa shape index (κ1) is 17.4. The third kappa shape index (κ3) is 4.35. The minimum atomic E-state index is -0.303. The van der Waals surface area contributed by atoms with Crippen LogP contribution in [0.3, 0.4) is 0 Å². The fraction of sp³-hybridized carbons (Fsp3) is 0.222. The number of hydrogen-bond acceptors (Lipinski definition) is 7. The Labute approximate surface area is 150 Å². The number of carbonyl (C=O) groups excluding carboxylic acids is 1. The van der Waals surface area contributed by atoms with Crippen LogP contribution in [-0.4, -0.2) is 37.2 Å². The molecule has 0 aliphatic carbocycles. The molecule has 8 heteroatoms. The predicted octanol–water partition coefficient (Wildman–Crippen LogP) is 2.08. The summed E-state index contributed by atoms with van der Waals surface area (Å²) >= 11 is 0. The molecule has 0 unspecified atom stereocenters. The van der Waals surface area contributed by atoms with E-state index >= 15 is 0 Å². The molecule has 0 atom stereocenters. The molecule has 1 heterocycles. The van der Waals surface area contributed by atoms with Crippen molar-refractivity contribution in [1.29, 1.82) is 0 Å². The van der Waals surface area contributed by atoms with Crippen molar-refractivity contribution >= 4 is 17.8 Å². The average Bonchev–Trinajstić information content (AvgIpc) is 3.10. The van der Waals surface area contributed by atoms with Crippen LogP contribution in [0.4, 0.5) is 5.69 Å². The first-order valence-electron chi connectivity index (χ1n) is 8.07. The molecule has 26 heavy (non-hydrogen) atoms. The Hall–Kier alpha value is -3.42. The van der Waals surface area contributed by atoms with Gasteiger partial charge in [0.1, 0.15) is 0 Å². The molecule has 0 saturated carbocycles. The topological polar surface area (TPSA) is 101 Å². The fourth-order valence-corrected chi connectivity index (χ4v) is 2.29. The van der Waals surface area contributed by atoms with Gasteiger partial charge in [0.15, 0.2) is 23.0 Å². The number of rotatable bonds is 7. The quantitative estimate of drug-likeness (QED) is 0.518. The van der Waals surface area contributed by atoms with Crippen molar-refractivity contribution in [3.63, 3.8) is 0 Å². The second-order valence-corrected chi connectivity index (χ2v) is 5.37. The molecule has 1 aliphatic heterocycles. The summed E-state index contributed by atoms with van der Waals surface area (Å²) in [6.45, 7) is 2.52. The van der Waals surface area contributed by atoms with Crippen LogP contribution in [0, 0.1) is 0 Å². The molecule has 3 rings (SSSR count). The Morgan fingerprint density at radius 2 is 2.12 bits per heavy atom. The van der Waals surface area contributed by atoms with Gasteiger partial charge in [-0.05, 0) is 42.8 Å². The minimum absolute atomic E-state index is 0.0523. The lowest BCUT2D eigenvalue weighted by Gasteiger charge is -2.07. The van der Waals surface area contributed by atoms with Crippen molar-refractivity contribution in [2.45, 2.75) is 6.92 Å². The van der Waals surface area contributed by atoms with Gasteiger partial charge in [-0.3, -0.25) is 4.79 Å². The largest absolute Gasteiger partial charge is 0.504 e. The highest BCUT2D eigenvalue weighted by Crippen LogP contribution is 2.34. The van der Waals surface area contributed by atoms with E-state index in [-0.39, 0.29) is 25.0 Å². The highest BCUT2D eigenvalue weighted by atomic mass is 16.7. The lowest BCUT2D eigenvalue weighted by atomic mass is 10.2. The molecule has 1 aliphatic rings. The normalized spacial score (nSPS) is 12.2. The molecule has 0 spiro atoms. The molecular weight excluding hydrogens is 338 g/mol. The van der Waals surface area contributed by atoms with E-state index in [2.05, 4.69) is 15.8 Å². The van der Waals surface area contributed by atoms with Gasteiger partial charge < -0.3 is 24.6 Å². The number of amides is 1. The predicted molar refractivity (Wildman–Crippen MR) is 96.1 cm³/mol. The van der Waals surface area contributed by atoms with E-state index < -0.39 is 0 Å². The van der Waals surface area contributed by atoms with Crippen molar-refractivity contribution in [2.75, 3.05) is 25.3 Å². The van der Waals surface area contributed by atoms with E-state index in [0.717, 1.165) is 5.69 Å². The zero-order chi connectivity index (χ0) is 18.4. The molecule has 0 aromatic heterocycles. The van der Waals surface area contributed by atoms with Gasteiger partial charge in [0.05, 0.1) is 19.4 Å². The molecule has 0 saturated heterocycles. The summed E-state index contributed by atoms with van der Waals surface area (Å²) < 4.78 is 15.8. The number of nitrogens with zero attached hydrogens (tertiary/aromatic N) is 1. The zero-order valence-corrected chi connectivity index (χ0v) is 14.2. The maximum absolute atomic E-state index is 11.9. The number of phenolic OH excluding ortho intramolecular Hbond substituents is 1. The Bertz CT molecular complexity index is 822. The third-order valence-electron chi connectivity index (χ3n) is 3.51. The number of anilines is 1. The van der Waals surface area contributed by atoms with Gasteiger partial charge in [-0.25, -0.2) is 5.43 Å². The van der Waals surface area contributed by atoms with Gasteiger partial charge in [0.25, 0.3) is 5.91 Å². The van der Waals surface area contributed by atoms with Crippen molar-refractivity contribution in [3.05, 3.63) is 42.0 Å². The van der Waals surface area contributed by atoms with Crippen LogP contribution in [0.25, 0.3) is 0 Å². The summed E-state index contributed by atoms with van der Waals surface area (Å²) in [4.78, 5) is 11.9. The van der Waals surface area contributed by atoms with Gasteiger partial charge in [0.2, 0.25) is 6.79 Å². The number of phenols is 1. The SMILES string of the molecule is CCOc1cc(/C=N\NC(=O)CNc2ccc3c(c2)OCO3)ccc1O. The molecule has 0 fully saturated rings. The van der Waals surface area contributed by atoms with Crippen molar-refractivity contribution in [2.24, 2.45) is 5.10 Å². The van der Waals surface area contributed by atoms with Gasteiger partial charge >= 0.3 is 0 Å². The second-order valence-electron chi connectivity index (χ2n) is 5.37. The summed E-state index contributed by atoms with van der Waals surface area (Å²) in [5, 5.41) is 16.5. The first-order valence-corrected chi connectivity index (χ1v) is 8.07. The monoisotopic (exact) mass is 357 g/mol. The maximum atomic E-state index is 11.9. The third-order valence-corrected chi connectivity index (χ3v) is 3.51. The Balaban J connectivity index is 1.49. The lowest BCUT2D eigenvalue weighted by molar-refractivity contribution is -0.119. The number of nitrogens with one attached hydrogen (secondary N) is 2. The van der Waals surface area contributed by atoms with Gasteiger partial charge in [-0.1, -0.05) is 0 Å². The molecule has 2 aromatic rings. The molecule has 0 radical (unpaired) electrons. The van der Waals surface area contributed by atoms with Crippen molar-refractivity contribution in [1.82, 2.24) is 5.43 Å². The number of carbonyl (C=O) groups is 1. The van der Waals surface area contributed by atoms with Crippen LogP contribution in [0.1, 0.15) is 12.5 Å². The number of ether oxygens (including phenoxy) is 3.